The molecule has 2 aliphatic heterocycles. The van der Waals surface area contributed by atoms with Crippen molar-refractivity contribution >= 4 is 39.8 Å². The van der Waals surface area contributed by atoms with Gasteiger partial charge in [-0.2, -0.15) is 5.10 Å². The number of amidine groups is 1. The number of piperazine rings is 1. The Kier molecular flexibility index (Phi) is 6.41. The highest BCUT2D eigenvalue weighted by atomic mass is 16.5. The van der Waals surface area contributed by atoms with Crippen molar-refractivity contribution in [1.82, 2.24) is 20.5 Å². The molecular weight excluding hydrogens is 448 g/mol. The minimum Gasteiger partial charge on any atom is -0.494 e. The smallest absolute Gasteiger partial charge is 0.290 e. The van der Waals surface area contributed by atoms with Gasteiger partial charge >= 0.3 is 0 Å². The summed E-state index contributed by atoms with van der Waals surface area (Å²) >= 11 is 0. The Morgan fingerprint density at radius 3 is 2.77 bits per heavy atom. The van der Waals surface area contributed by atoms with Gasteiger partial charge in [0.25, 0.3) is 11.6 Å². The molecule has 1 fully saturated rings. The van der Waals surface area contributed by atoms with Crippen LogP contribution in [-0.4, -0.2) is 67.1 Å². The standard InChI is InChI=1S/C24H30N8O3/c1-14(2)18-13-35-24(28-18)30-20-10-15-12-26-31-23(33)21(15)22(29-20)27-17-5-4-16(11-19(17)34-3)32-8-6-25-7-9-32/h4-5,10-12,14,18,25H,6-9,13H2,1-3H3,(H,31,33)(H2,27,28,29,30)/t18-/m0/s1. The van der Waals surface area contributed by atoms with Crippen LogP contribution in [0.4, 0.5) is 23.0 Å². The summed E-state index contributed by atoms with van der Waals surface area (Å²) in [6, 6.07) is 8.24. The summed E-state index contributed by atoms with van der Waals surface area (Å²) in [6.07, 6.45) is 1.59. The van der Waals surface area contributed by atoms with E-state index in [-0.39, 0.29) is 11.6 Å². The first-order valence-electron chi connectivity index (χ1n) is 11.8. The van der Waals surface area contributed by atoms with E-state index < -0.39 is 0 Å². The molecule has 5 rings (SSSR count). The van der Waals surface area contributed by atoms with E-state index in [2.05, 4.69) is 54.9 Å². The van der Waals surface area contributed by atoms with E-state index in [9.17, 15) is 4.79 Å². The molecule has 1 saturated heterocycles. The van der Waals surface area contributed by atoms with Crippen molar-refractivity contribution in [2.24, 2.45) is 10.9 Å². The number of nitrogens with zero attached hydrogens (tertiary/aromatic N) is 4. The molecule has 184 valence electrons. The first kappa shape index (κ1) is 22.9. The quantitative estimate of drug-likeness (QED) is 0.422. The lowest BCUT2D eigenvalue weighted by molar-refractivity contribution is 0.290. The van der Waals surface area contributed by atoms with Gasteiger partial charge in [0.05, 0.1) is 30.4 Å². The highest BCUT2D eigenvalue weighted by molar-refractivity contribution is 5.97. The molecule has 0 amide bonds. The maximum absolute atomic E-state index is 12.7. The third-order valence-corrected chi connectivity index (χ3v) is 6.25. The number of ether oxygens (including phenoxy) is 2. The average molecular weight is 479 g/mol. The zero-order valence-electron chi connectivity index (χ0n) is 20.1. The first-order valence-corrected chi connectivity index (χ1v) is 11.8. The third kappa shape index (κ3) is 4.85. The summed E-state index contributed by atoms with van der Waals surface area (Å²) in [5.41, 5.74) is 1.44. The molecule has 2 aliphatic rings. The van der Waals surface area contributed by atoms with Crippen LogP contribution in [0, 0.1) is 5.92 Å². The van der Waals surface area contributed by atoms with Gasteiger partial charge in [0.2, 0.25) is 0 Å². The second-order valence-corrected chi connectivity index (χ2v) is 8.95. The second-order valence-electron chi connectivity index (χ2n) is 8.95. The summed E-state index contributed by atoms with van der Waals surface area (Å²) in [6.45, 7) is 8.49. The Bertz CT molecular complexity index is 1300. The van der Waals surface area contributed by atoms with Crippen molar-refractivity contribution in [3.8, 4) is 5.75 Å². The van der Waals surface area contributed by atoms with Gasteiger partial charge in [-0.1, -0.05) is 13.8 Å². The molecule has 0 unspecified atom stereocenters. The molecule has 1 aromatic carbocycles. The third-order valence-electron chi connectivity index (χ3n) is 6.25. The number of hydrogen-bond acceptors (Lipinski definition) is 10. The Hall–Kier alpha value is -3.86. The molecular formula is C24H30N8O3. The number of aliphatic imine (C=N–C) groups is 1. The van der Waals surface area contributed by atoms with Gasteiger partial charge in [0.15, 0.2) is 0 Å². The molecule has 4 heterocycles. The number of fused-ring (bicyclic) bond motifs is 1. The van der Waals surface area contributed by atoms with E-state index in [4.69, 9.17) is 9.47 Å². The second kappa shape index (κ2) is 9.79. The van der Waals surface area contributed by atoms with E-state index in [1.54, 1.807) is 19.4 Å². The molecule has 0 saturated carbocycles. The van der Waals surface area contributed by atoms with Gasteiger partial charge in [-0.15, -0.1) is 0 Å². The highest BCUT2D eigenvalue weighted by Gasteiger charge is 2.23. The number of aromatic nitrogens is 3. The number of rotatable bonds is 6. The number of aromatic amines is 1. The number of hydrogen-bond donors (Lipinski definition) is 4. The molecule has 0 spiro atoms. The fraction of sp³-hybridized carbons (Fsp3) is 0.417. The molecule has 11 heteroatoms. The number of anilines is 4. The van der Waals surface area contributed by atoms with Crippen LogP contribution in [0.5, 0.6) is 5.75 Å². The van der Waals surface area contributed by atoms with Gasteiger partial charge in [0, 0.05) is 43.3 Å². The molecule has 11 nitrogen and oxygen atoms in total. The number of benzene rings is 1. The van der Waals surface area contributed by atoms with Crippen molar-refractivity contribution in [2.75, 3.05) is 55.4 Å². The van der Waals surface area contributed by atoms with E-state index in [0.717, 1.165) is 31.9 Å². The Morgan fingerprint density at radius 2 is 2.03 bits per heavy atom. The number of nitrogens with one attached hydrogen (secondary N) is 4. The molecule has 0 aliphatic carbocycles. The summed E-state index contributed by atoms with van der Waals surface area (Å²) in [5.74, 6) is 1.89. The lowest BCUT2D eigenvalue weighted by atomic mass is 10.1. The van der Waals surface area contributed by atoms with Gasteiger partial charge < -0.3 is 25.0 Å². The molecule has 35 heavy (non-hydrogen) atoms. The minimum absolute atomic E-state index is 0.0959. The van der Waals surface area contributed by atoms with Crippen LogP contribution in [0.25, 0.3) is 10.8 Å². The summed E-state index contributed by atoms with van der Waals surface area (Å²) < 4.78 is 11.4. The van der Waals surface area contributed by atoms with Crippen molar-refractivity contribution in [3.63, 3.8) is 0 Å². The van der Waals surface area contributed by atoms with Crippen molar-refractivity contribution in [3.05, 3.63) is 40.8 Å². The molecule has 3 aromatic rings. The molecule has 2 aromatic heterocycles. The Morgan fingerprint density at radius 1 is 1.20 bits per heavy atom. The number of methoxy groups -OCH3 is 1. The summed E-state index contributed by atoms with van der Waals surface area (Å²) in [7, 11) is 1.63. The van der Waals surface area contributed by atoms with E-state index >= 15 is 0 Å². The van der Waals surface area contributed by atoms with Crippen LogP contribution in [0.3, 0.4) is 0 Å². The number of H-pyrrole nitrogens is 1. The van der Waals surface area contributed by atoms with Crippen LogP contribution in [-0.2, 0) is 4.74 Å². The zero-order valence-corrected chi connectivity index (χ0v) is 20.1. The van der Waals surface area contributed by atoms with Crippen LogP contribution < -0.4 is 31.1 Å². The molecule has 4 N–H and O–H groups in total. The monoisotopic (exact) mass is 478 g/mol. The Labute approximate surface area is 202 Å². The fourth-order valence-electron chi connectivity index (χ4n) is 4.22. The largest absolute Gasteiger partial charge is 0.494 e. The highest BCUT2D eigenvalue weighted by Crippen LogP contribution is 2.34. The Balaban J connectivity index is 1.48. The SMILES string of the molecule is COc1cc(N2CCNCC2)ccc1Nc1nc(NC2=N[C@H](C(C)C)CO2)cc2cn[nH]c(=O)c12. The summed E-state index contributed by atoms with van der Waals surface area (Å²) in [5, 5.41) is 17.3. The predicted molar refractivity (Wildman–Crippen MR) is 137 cm³/mol. The number of pyridine rings is 1. The van der Waals surface area contributed by atoms with Gasteiger partial charge in [-0.05, 0) is 24.1 Å². The van der Waals surface area contributed by atoms with E-state index in [0.29, 0.717) is 52.4 Å². The van der Waals surface area contributed by atoms with Crippen LogP contribution in [0.15, 0.2) is 40.2 Å². The maximum atomic E-state index is 12.7. The van der Waals surface area contributed by atoms with Crippen LogP contribution in [0.1, 0.15) is 13.8 Å². The van der Waals surface area contributed by atoms with E-state index in [1.165, 1.54) is 0 Å². The van der Waals surface area contributed by atoms with Crippen LogP contribution in [0.2, 0.25) is 0 Å². The van der Waals surface area contributed by atoms with Crippen molar-refractivity contribution in [1.29, 1.82) is 0 Å². The maximum Gasteiger partial charge on any atom is 0.290 e. The lowest BCUT2D eigenvalue weighted by Gasteiger charge is -2.30. The summed E-state index contributed by atoms with van der Waals surface area (Å²) in [4.78, 5) is 24.2. The van der Waals surface area contributed by atoms with Crippen LogP contribution >= 0.6 is 0 Å². The molecule has 0 bridgehead atoms. The topological polar surface area (TPSA) is 129 Å². The fourth-order valence-corrected chi connectivity index (χ4v) is 4.22. The minimum atomic E-state index is -0.338. The zero-order chi connectivity index (χ0) is 24.4. The molecule has 0 radical (unpaired) electrons. The average Bonchev–Trinajstić information content (AvgIpc) is 3.33. The molecule has 1 atom stereocenters. The van der Waals surface area contributed by atoms with Gasteiger partial charge in [-0.25, -0.2) is 15.1 Å². The van der Waals surface area contributed by atoms with Gasteiger partial charge in [0.1, 0.15) is 24.0 Å². The van der Waals surface area contributed by atoms with Gasteiger partial charge in [-0.3, -0.25) is 10.1 Å². The lowest BCUT2D eigenvalue weighted by Crippen LogP contribution is -2.43. The van der Waals surface area contributed by atoms with Crippen molar-refractivity contribution in [2.45, 2.75) is 19.9 Å². The predicted octanol–water partition coefficient (Wildman–Crippen LogP) is 2.30. The normalized spacial score (nSPS) is 17.9. The first-order chi connectivity index (χ1) is 17.0. The van der Waals surface area contributed by atoms with E-state index in [1.807, 2.05) is 18.2 Å². The van der Waals surface area contributed by atoms with Crippen molar-refractivity contribution < 1.29 is 9.47 Å².